The molecule has 3 atom stereocenters. The van der Waals surface area contributed by atoms with Crippen LogP contribution in [0.15, 0.2) is 18.2 Å². The van der Waals surface area contributed by atoms with E-state index in [1.54, 1.807) is 13.2 Å². The summed E-state index contributed by atoms with van der Waals surface area (Å²) in [5, 5.41) is 2.87. The molecule has 1 saturated heterocycles. The lowest BCUT2D eigenvalue weighted by Gasteiger charge is -2.40. The third-order valence-electron chi connectivity index (χ3n) is 8.80. The highest BCUT2D eigenvalue weighted by atomic mass is 28.4. The SMILES string of the molecule is CC[C@H](C)[C@H](O[Si](C)(C)C(C)(C)C)C(=O)N[C@@H](Cc1ccc(OCOC)c(B2OC(C)(C)C(C)(C)O2)c1)C(=O)OC. The smallest absolute Gasteiger partial charge is 0.468 e. The predicted octanol–water partition coefficient (Wildman–Crippen LogP) is 4.61. The van der Waals surface area contributed by atoms with Gasteiger partial charge in [0.1, 0.15) is 17.9 Å². The fraction of sp³-hybridized carbons (Fsp3) is 0.733. The summed E-state index contributed by atoms with van der Waals surface area (Å²) in [5.74, 6) is -0.335. The van der Waals surface area contributed by atoms with Crippen LogP contribution in [-0.2, 0) is 39.2 Å². The molecule has 1 aliphatic heterocycles. The minimum absolute atomic E-state index is 0.0328. The topological polar surface area (TPSA) is 102 Å². The average Bonchev–Trinajstić information content (AvgIpc) is 3.10. The van der Waals surface area contributed by atoms with E-state index in [-0.39, 0.29) is 30.1 Å². The second kappa shape index (κ2) is 13.6. The van der Waals surface area contributed by atoms with Gasteiger partial charge in [0.15, 0.2) is 15.1 Å². The molecule has 1 aromatic rings. The van der Waals surface area contributed by atoms with Crippen molar-refractivity contribution in [1.29, 1.82) is 0 Å². The molecule has 1 amide bonds. The van der Waals surface area contributed by atoms with Crippen molar-refractivity contribution in [3.8, 4) is 5.75 Å². The Hall–Kier alpha value is -1.92. The van der Waals surface area contributed by atoms with E-state index in [4.69, 9.17) is 27.9 Å². The maximum atomic E-state index is 13.7. The number of amides is 1. The lowest BCUT2D eigenvalue weighted by Crippen LogP contribution is -2.54. The number of nitrogens with one attached hydrogen (secondary N) is 1. The van der Waals surface area contributed by atoms with Gasteiger partial charge in [-0.2, -0.15) is 0 Å². The molecule has 0 bridgehead atoms. The first-order valence-corrected chi connectivity index (χ1v) is 17.4. The Morgan fingerprint density at radius 2 is 1.66 bits per heavy atom. The summed E-state index contributed by atoms with van der Waals surface area (Å²) >= 11 is 0. The van der Waals surface area contributed by atoms with Crippen LogP contribution in [0, 0.1) is 5.92 Å². The highest BCUT2D eigenvalue weighted by Gasteiger charge is 2.52. The van der Waals surface area contributed by atoms with E-state index in [1.165, 1.54) is 7.11 Å². The normalized spacial score (nSPS) is 18.9. The van der Waals surface area contributed by atoms with Gasteiger partial charge in [-0.3, -0.25) is 4.79 Å². The number of methoxy groups -OCH3 is 2. The van der Waals surface area contributed by atoms with Crippen molar-refractivity contribution in [1.82, 2.24) is 5.32 Å². The van der Waals surface area contributed by atoms with E-state index < -0.39 is 44.8 Å². The van der Waals surface area contributed by atoms with E-state index >= 15 is 0 Å². The number of hydrogen-bond acceptors (Lipinski definition) is 8. The van der Waals surface area contributed by atoms with Gasteiger partial charge in [0, 0.05) is 19.0 Å². The standard InChI is InChI=1S/C30H52BNO8Si/c1-14-20(2)25(38-41(12,13)28(3,4)5)26(33)32-23(27(34)36-11)18-21-15-16-24(37-19-35-10)22(17-21)31-39-29(6,7)30(8,9)40-31/h15-17,20,23,25H,14,18-19H2,1-13H3,(H,32,33)/t20-,23-,25-/m0/s1. The Bertz CT molecular complexity index is 1040. The molecule has 9 nitrogen and oxygen atoms in total. The molecule has 232 valence electrons. The van der Waals surface area contributed by atoms with Crippen LogP contribution in [-0.4, -0.2) is 71.7 Å². The number of ether oxygens (including phenoxy) is 3. The molecular weight excluding hydrogens is 541 g/mol. The molecule has 1 heterocycles. The molecule has 1 aromatic carbocycles. The summed E-state index contributed by atoms with van der Waals surface area (Å²) in [6.07, 6.45) is 0.275. The Morgan fingerprint density at radius 3 is 2.15 bits per heavy atom. The molecule has 41 heavy (non-hydrogen) atoms. The summed E-state index contributed by atoms with van der Waals surface area (Å²) in [6.45, 7) is 22.7. The van der Waals surface area contributed by atoms with E-state index in [0.29, 0.717) is 11.2 Å². The van der Waals surface area contributed by atoms with E-state index in [9.17, 15) is 9.59 Å². The maximum absolute atomic E-state index is 13.7. The van der Waals surface area contributed by atoms with Crippen molar-refractivity contribution >= 4 is 32.8 Å². The Labute approximate surface area is 248 Å². The largest absolute Gasteiger partial charge is 0.498 e. The fourth-order valence-corrected chi connectivity index (χ4v) is 5.42. The molecule has 1 fully saturated rings. The Balaban J connectivity index is 2.39. The molecule has 0 saturated carbocycles. The Morgan fingerprint density at radius 1 is 1.07 bits per heavy atom. The zero-order valence-electron chi connectivity index (χ0n) is 27.4. The van der Waals surface area contributed by atoms with Crippen molar-refractivity contribution in [2.24, 2.45) is 5.92 Å². The van der Waals surface area contributed by atoms with Crippen molar-refractivity contribution in [2.45, 2.75) is 117 Å². The molecule has 0 radical (unpaired) electrons. The number of hydrogen-bond donors (Lipinski definition) is 1. The highest BCUT2D eigenvalue weighted by Crippen LogP contribution is 2.39. The van der Waals surface area contributed by atoms with Crippen LogP contribution in [0.2, 0.25) is 18.1 Å². The van der Waals surface area contributed by atoms with Gasteiger partial charge in [-0.15, -0.1) is 0 Å². The van der Waals surface area contributed by atoms with Gasteiger partial charge in [0.05, 0.1) is 18.3 Å². The van der Waals surface area contributed by atoms with Crippen molar-refractivity contribution in [3.05, 3.63) is 23.8 Å². The minimum Gasteiger partial charge on any atom is -0.468 e. The summed E-state index contributed by atoms with van der Waals surface area (Å²) in [4.78, 5) is 26.6. The predicted molar refractivity (Wildman–Crippen MR) is 164 cm³/mol. The molecule has 0 aromatic heterocycles. The van der Waals surface area contributed by atoms with Gasteiger partial charge in [-0.05, 0) is 63.4 Å². The van der Waals surface area contributed by atoms with Gasteiger partial charge < -0.3 is 33.3 Å². The number of rotatable bonds is 13. The maximum Gasteiger partial charge on any atom is 0.498 e. The molecule has 0 unspecified atom stereocenters. The first-order valence-electron chi connectivity index (χ1n) is 14.5. The minimum atomic E-state index is -2.26. The average molecular weight is 594 g/mol. The van der Waals surface area contributed by atoms with Crippen molar-refractivity contribution in [2.75, 3.05) is 21.0 Å². The van der Waals surface area contributed by atoms with Crippen molar-refractivity contribution in [3.63, 3.8) is 0 Å². The van der Waals surface area contributed by atoms with E-state index in [0.717, 1.165) is 12.0 Å². The van der Waals surface area contributed by atoms with Crippen LogP contribution >= 0.6 is 0 Å². The second-order valence-electron chi connectivity index (χ2n) is 13.5. The third kappa shape index (κ3) is 8.57. The van der Waals surface area contributed by atoms with Crippen LogP contribution in [0.4, 0.5) is 0 Å². The van der Waals surface area contributed by atoms with Crippen LogP contribution in [0.5, 0.6) is 5.75 Å². The van der Waals surface area contributed by atoms with Gasteiger partial charge in [0.25, 0.3) is 0 Å². The van der Waals surface area contributed by atoms with Crippen LogP contribution in [0.25, 0.3) is 0 Å². The summed E-state index contributed by atoms with van der Waals surface area (Å²) in [7, 11) is -0.0861. The third-order valence-corrected chi connectivity index (χ3v) is 13.3. The molecule has 1 aliphatic rings. The van der Waals surface area contributed by atoms with E-state index in [1.807, 2.05) is 53.7 Å². The van der Waals surface area contributed by atoms with Gasteiger partial charge in [-0.1, -0.05) is 53.2 Å². The molecule has 2 rings (SSSR count). The Kier molecular flexibility index (Phi) is 11.7. The second-order valence-corrected chi connectivity index (χ2v) is 18.2. The van der Waals surface area contributed by atoms with Crippen LogP contribution in [0.1, 0.15) is 74.3 Å². The van der Waals surface area contributed by atoms with Gasteiger partial charge in [0.2, 0.25) is 5.91 Å². The number of esters is 1. The lowest BCUT2D eigenvalue weighted by molar-refractivity contribution is -0.146. The first-order chi connectivity index (χ1) is 18.8. The monoisotopic (exact) mass is 593 g/mol. The molecule has 1 N–H and O–H groups in total. The van der Waals surface area contributed by atoms with Crippen molar-refractivity contribution < 1.29 is 37.5 Å². The fourth-order valence-electron chi connectivity index (χ4n) is 4.09. The summed E-state index contributed by atoms with van der Waals surface area (Å²) in [6, 6.07) is 4.61. The number of benzene rings is 1. The van der Waals surface area contributed by atoms with Crippen LogP contribution in [0.3, 0.4) is 0 Å². The van der Waals surface area contributed by atoms with Gasteiger partial charge >= 0.3 is 13.1 Å². The number of carbonyl (C=O) groups is 2. The van der Waals surface area contributed by atoms with E-state index in [2.05, 4.69) is 39.2 Å². The summed E-state index contributed by atoms with van der Waals surface area (Å²) < 4.78 is 35.2. The van der Waals surface area contributed by atoms with Gasteiger partial charge in [-0.25, -0.2) is 4.79 Å². The summed E-state index contributed by atoms with van der Waals surface area (Å²) in [5.41, 5.74) is 0.348. The zero-order chi connectivity index (χ0) is 31.4. The quantitative estimate of drug-likeness (QED) is 0.201. The molecule has 0 spiro atoms. The first kappa shape index (κ1) is 35.3. The molecule has 11 heteroatoms. The number of carbonyl (C=O) groups excluding carboxylic acids is 2. The molecular formula is C30H52BNO8Si. The van der Waals surface area contributed by atoms with Crippen LogP contribution < -0.4 is 15.5 Å². The highest BCUT2D eigenvalue weighted by molar-refractivity contribution is 6.74. The molecule has 0 aliphatic carbocycles. The zero-order valence-corrected chi connectivity index (χ0v) is 28.4. The lowest BCUT2D eigenvalue weighted by atomic mass is 9.77.